The Morgan fingerprint density at radius 3 is 2.62 bits per heavy atom. The molecule has 1 aliphatic rings. The van der Waals surface area contributed by atoms with Crippen molar-refractivity contribution in [1.29, 1.82) is 0 Å². The first kappa shape index (κ1) is 17.1. The number of para-hydroxylation sites is 1. The van der Waals surface area contributed by atoms with E-state index in [9.17, 15) is 0 Å². The summed E-state index contributed by atoms with van der Waals surface area (Å²) in [5.41, 5.74) is 0.940. The molecule has 0 bridgehead atoms. The van der Waals surface area contributed by atoms with E-state index in [2.05, 4.69) is 26.8 Å². The van der Waals surface area contributed by atoms with Crippen LogP contribution < -0.4 is 4.74 Å². The second-order valence-corrected chi connectivity index (χ2v) is 6.60. The average Bonchev–Trinajstić information content (AvgIpc) is 2.62. The van der Waals surface area contributed by atoms with Crippen molar-refractivity contribution in [3.8, 4) is 5.88 Å². The van der Waals surface area contributed by atoms with E-state index >= 15 is 0 Å². The van der Waals surface area contributed by atoms with Gasteiger partial charge in [-0.1, -0.05) is 25.0 Å². The predicted molar refractivity (Wildman–Crippen MR) is 97.4 cm³/mol. The van der Waals surface area contributed by atoms with Crippen LogP contribution in [0.5, 0.6) is 5.88 Å². The van der Waals surface area contributed by atoms with Crippen molar-refractivity contribution < 1.29 is 4.74 Å². The number of nitrogens with zero attached hydrogens (tertiary/aromatic N) is 4. The van der Waals surface area contributed by atoms with Crippen molar-refractivity contribution >= 4 is 10.9 Å². The highest BCUT2D eigenvalue weighted by molar-refractivity contribution is 5.82. The molecule has 24 heavy (non-hydrogen) atoms. The molecule has 1 fully saturated rings. The van der Waals surface area contributed by atoms with Gasteiger partial charge in [-0.2, -0.15) is 0 Å². The number of likely N-dealkylation sites (N-methyl/N-ethyl adjacent to an activating group) is 1. The van der Waals surface area contributed by atoms with Crippen LogP contribution in [0.15, 0.2) is 30.6 Å². The molecule has 1 aromatic heterocycles. The first-order valence-electron chi connectivity index (χ1n) is 9.06. The fourth-order valence-electron chi connectivity index (χ4n) is 3.13. The molecule has 0 saturated carbocycles. The number of hydrogen-bond donors (Lipinski definition) is 0. The summed E-state index contributed by atoms with van der Waals surface area (Å²) < 4.78 is 5.86. The average molecular weight is 328 g/mol. The van der Waals surface area contributed by atoms with Crippen LogP contribution in [0.2, 0.25) is 0 Å². The Hall–Kier alpha value is -1.72. The van der Waals surface area contributed by atoms with E-state index < -0.39 is 0 Å². The van der Waals surface area contributed by atoms with Crippen molar-refractivity contribution in [3.63, 3.8) is 0 Å². The number of rotatable bonds is 8. The zero-order valence-electron chi connectivity index (χ0n) is 14.7. The van der Waals surface area contributed by atoms with E-state index in [0.29, 0.717) is 5.88 Å². The van der Waals surface area contributed by atoms with Gasteiger partial charge < -0.3 is 14.5 Å². The molecule has 130 valence electrons. The van der Waals surface area contributed by atoms with Crippen LogP contribution in [-0.2, 0) is 0 Å². The summed E-state index contributed by atoms with van der Waals surface area (Å²) in [5.74, 6) is 0.707. The summed E-state index contributed by atoms with van der Waals surface area (Å²) in [4.78, 5) is 13.5. The zero-order chi connectivity index (χ0) is 16.6. The highest BCUT2D eigenvalue weighted by atomic mass is 16.5. The largest absolute Gasteiger partial charge is 0.477 e. The molecule has 1 aliphatic heterocycles. The SMILES string of the molecule is CN1CCN(CCCCCCOc2ncnc3ccccc23)CC1. The third-order valence-corrected chi connectivity index (χ3v) is 4.71. The third-order valence-electron chi connectivity index (χ3n) is 4.71. The van der Waals surface area contributed by atoms with E-state index in [1.54, 1.807) is 6.33 Å². The van der Waals surface area contributed by atoms with Gasteiger partial charge in [0.15, 0.2) is 0 Å². The molecular formula is C19H28N4O. The quantitative estimate of drug-likeness (QED) is 0.697. The number of unbranched alkanes of at least 4 members (excludes halogenated alkanes) is 3. The van der Waals surface area contributed by atoms with Crippen LogP contribution in [0.1, 0.15) is 25.7 Å². The van der Waals surface area contributed by atoms with Crippen LogP contribution in [0.3, 0.4) is 0 Å². The maximum absolute atomic E-state index is 5.86. The summed E-state index contributed by atoms with van der Waals surface area (Å²) in [6.45, 7) is 6.84. The first-order chi connectivity index (χ1) is 11.8. The molecule has 0 spiro atoms. The summed E-state index contributed by atoms with van der Waals surface area (Å²) in [5, 5.41) is 0.995. The minimum absolute atomic E-state index is 0.707. The van der Waals surface area contributed by atoms with E-state index in [4.69, 9.17) is 4.74 Å². The van der Waals surface area contributed by atoms with Crippen molar-refractivity contribution in [2.45, 2.75) is 25.7 Å². The summed E-state index contributed by atoms with van der Waals surface area (Å²) in [6.07, 6.45) is 6.45. The fraction of sp³-hybridized carbons (Fsp3) is 0.579. The number of benzene rings is 1. The highest BCUT2D eigenvalue weighted by Crippen LogP contribution is 2.20. The molecule has 3 rings (SSSR count). The molecule has 2 aromatic rings. The third kappa shape index (κ3) is 4.89. The van der Waals surface area contributed by atoms with E-state index in [1.165, 1.54) is 52.0 Å². The van der Waals surface area contributed by atoms with E-state index in [-0.39, 0.29) is 0 Å². The molecule has 1 saturated heterocycles. The minimum Gasteiger partial charge on any atom is -0.477 e. The van der Waals surface area contributed by atoms with Crippen LogP contribution in [-0.4, -0.2) is 66.1 Å². The molecule has 0 radical (unpaired) electrons. The van der Waals surface area contributed by atoms with Gasteiger partial charge in [0.25, 0.3) is 0 Å². The molecule has 2 heterocycles. The number of piperazine rings is 1. The van der Waals surface area contributed by atoms with Crippen LogP contribution in [0, 0.1) is 0 Å². The minimum atomic E-state index is 0.707. The molecular weight excluding hydrogens is 300 g/mol. The molecule has 0 N–H and O–H groups in total. The van der Waals surface area contributed by atoms with Gasteiger partial charge in [-0.25, -0.2) is 9.97 Å². The topological polar surface area (TPSA) is 41.5 Å². The lowest BCUT2D eigenvalue weighted by atomic mass is 10.2. The molecule has 0 unspecified atom stereocenters. The van der Waals surface area contributed by atoms with Gasteiger partial charge in [-0.3, -0.25) is 0 Å². The Balaban J connectivity index is 1.30. The molecule has 0 atom stereocenters. The van der Waals surface area contributed by atoms with Gasteiger partial charge in [0.1, 0.15) is 6.33 Å². The number of hydrogen-bond acceptors (Lipinski definition) is 5. The number of fused-ring (bicyclic) bond motifs is 1. The van der Waals surface area contributed by atoms with E-state index in [1.807, 2.05) is 24.3 Å². The Labute approximate surface area is 144 Å². The Kier molecular flexibility index (Phi) is 6.38. The summed E-state index contributed by atoms with van der Waals surface area (Å²) in [7, 11) is 2.21. The lowest BCUT2D eigenvalue weighted by molar-refractivity contribution is 0.151. The van der Waals surface area contributed by atoms with Gasteiger partial charge in [-0.15, -0.1) is 0 Å². The Morgan fingerprint density at radius 1 is 0.958 bits per heavy atom. The molecule has 5 heteroatoms. The fourth-order valence-corrected chi connectivity index (χ4v) is 3.13. The standard InChI is InChI=1S/C19H28N4O/c1-22-11-13-23(14-12-22)10-6-2-3-7-15-24-19-17-8-4-5-9-18(17)20-16-21-19/h4-5,8-9,16H,2-3,6-7,10-15H2,1H3. The smallest absolute Gasteiger partial charge is 0.224 e. The predicted octanol–water partition coefficient (Wildman–Crippen LogP) is 2.82. The Bertz CT molecular complexity index is 620. The second kappa shape index (κ2) is 8.94. The normalized spacial score (nSPS) is 16.5. The van der Waals surface area contributed by atoms with Crippen LogP contribution in [0.25, 0.3) is 10.9 Å². The van der Waals surface area contributed by atoms with Crippen LogP contribution >= 0.6 is 0 Å². The van der Waals surface area contributed by atoms with Crippen molar-refractivity contribution in [2.24, 2.45) is 0 Å². The maximum Gasteiger partial charge on any atom is 0.224 e. The molecule has 0 aliphatic carbocycles. The second-order valence-electron chi connectivity index (χ2n) is 6.60. The molecule has 0 amide bonds. The van der Waals surface area contributed by atoms with Crippen molar-refractivity contribution in [1.82, 2.24) is 19.8 Å². The van der Waals surface area contributed by atoms with Gasteiger partial charge in [0.05, 0.1) is 17.5 Å². The van der Waals surface area contributed by atoms with Gasteiger partial charge >= 0.3 is 0 Å². The van der Waals surface area contributed by atoms with E-state index in [0.717, 1.165) is 23.9 Å². The molecule has 5 nitrogen and oxygen atoms in total. The lowest BCUT2D eigenvalue weighted by Gasteiger charge is -2.32. The Morgan fingerprint density at radius 2 is 1.75 bits per heavy atom. The molecule has 1 aromatic carbocycles. The summed E-state index contributed by atoms with van der Waals surface area (Å²) in [6, 6.07) is 7.99. The van der Waals surface area contributed by atoms with Crippen molar-refractivity contribution in [2.75, 3.05) is 46.4 Å². The summed E-state index contributed by atoms with van der Waals surface area (Å²) >= 11 is 0. The monoisotopic (exact) mass is 328 g/mol. The van der Waals surface area contributed by atoms with Gasteiger partial charge in [0, 0.05) is 26.2 Å². The number of ether oxygens (including phenoxy) is 1. The zero-order valence-corrected chi connectivity index (χ0v) is 14.7. The first-order valence-corrected chi connectivity index (χ1v) is 9.06. The highest BCUT2D eigenvalue weighted by Gasteiger charge is 2.12. The van der Waals surface area contributed by atoms with Gasteiger partial charge in [0.2, 0.25) is 5.88 Å². The number of aromatic nitrogens is 2. The maximum atomic E-state index is 5.86. The lowest BCUT2D eigenvalue weighted by Crippen LogP contribution is -2.44. The van der Waals surface area contributed by atoms with Crippen molar-refractivity contribution in [3.05, 3.63) is 30.6 Å². The van der Waals surface area contributed by atoms with Gasteiger partial charge in [-0.05, 0) is 38.6 Å². The van der Waals surface area contributed by atoms with Crippen LogP contribution in [0.4, 0.5) is 0 Å².